The van der Waals surface area contributed by atoms with Gasteiger partial charge in [0.15, 0.2) is 0 Å². The Morgan fingerprint density at radius 1 is 1.00 bits per heavy atom. The first-order valence-electron chi connectivity index (χ1n) is 9.91. The predicted molar refractivity (Wildman–Crippen MR) is 98.1 cm³/mol. The highest BCUT2D eigenvalue weighted by molar-refractivity contribution is 5.11. The van der Waals surface area contributed by atoms with Gasteiger partial charge in [0.05, 0.1) is 5.92 Å². The van der Waals surface area contributed by atoms with Gasteiger partial charge in [-0.3, -0.25) is 0 Å². The molecule has 0 aliphatic heterocycles. The summed E-state index contributed by atoms with van der Waals surface area (Å²) in [6.45, 7) is 6.00. The third-order valence-electron chi connectivity index (χ3n) is 5.91. The van der Waals surface area contributed by atoms with E-state index in [-0.39, 0.29) is 11.8 Å². The highest BCUT2D eigenvalue weighted by Crippen LogP contribution is 2.43. The number of allylic oxidation sites excluding steroid dienone is 2. The SMILES string of the molecule is C/C=C/CCC1CCC(C2CC(F)C(C#CC(C)C)C(F)C2)CC1. The van der Waals surface area contributed by atoms with Crippen LogP contribution in [0.15, 0.2) is 12.2 Å². The van der Waals surface area contributed by atoms with Gasteiger partial charge in [-0.05, 0) is 63.2 Å². The van der Waals surface area contributed by atoms with Gasteiger partial charge in [0, 0.05) is 5.92 Å². The van der Waals surface area contributed by atoms with Gasteiger partial charge in [0.2, 0.25) is 0 Å². The average Bonchev–Trinajstić information content (AvgIpc) is 2.54. The lowest BCUT2D eigenvalue weighted by atomic mass is 9.67. The third-order valence-corrected chi connectivity index (χ3v) is 5.91. The normalized spacial score (nSPS) is 37.4. The van der Waals surface area contributed by atoms with Crippen molar-refractivity contribution in [2.75, 3.05) is 0 Å². The van der Waals surface area contributed by atoms with Crippen molar-refractivity contribution in [3.05, 3.63) is 12.2 Å². The van der Waals surface area contributed by atoms with Crippen LogP contribution in [0, 0.1) is 41.4 Å². The molecule has 2 rings (SSSR count). The van der Waals surface area contributed by atoms with E-state index in [1.165, 1.54) is 25.7 Å². The van der Waals surface area contributed by atoms with Gasteiger partial charge in [-0.25, -0.2) is 8.78 Å². The van der Waals surface area contributed by atoms with E-state index in [0.29, 0.717) is 18.8 Å². The summed E-state index contributed by atoms with van der Waals surface area (Å²) >= 11 is 0. The molecule has 0 bridgehead atoms. The van der Waals surface area contributed by atoms with E-state index < -0.39 is 18.3 Å². The minimum absolute atomic E-state index is 0.181. The molecule has 2 unspecified atom stereocenters. The fourth-order valence-corrected chi connectivity index (χ4v) is 4.47. The number of alkyl halides is 2. The van der Waals surface area contributed by atoms with Gasteiger partial charge < -0.3 is 0 Å². The molecule has 2 atom stereocenters. The molecule has 24 heavy (non-hydrogen) atoms. The molecular weight excluding hydrogens is 302 g/mol. The lowest BCUT2D eigenvalue weighted by Crippen LogP contribution is -2.38. The van der Waals surface area contributed by atoms with Crippen molar-refractivity contribution < 1.29 is 8.78 Å². The highest BCUT2D eigenvalue weighted by atomic mass is 19.1. The summed E-state index contributed by atoms with van der Waals surface area (Å²) in [4.78, 5) is 0. The first-order valence-corrected chi connectivity index (χ1v) is 9.91. The number of hydrogen-bond donors (Lipinski definition) is 0. The van der Waals surface area contributed by atoms with E-state index in [9.17, 15) is 8.78 Å². The van der Waals surface area contributed by atoms with Gasteiger partial charge in [-0.15, -0.1) is 0 Å². The second-order valence-electron chi connectivity index (χ2n) is 8.16. The van der Waals surface area contributed by atoms with Crippen molar-refractivity contribution in [1.29, 1.82) is 0 Å². The van der Waals surface area contributed by atoms with Gasteiger partial charge in [-0.1, -0.05) is 50.7 Å². The molecule has 2 fully saturated rings. The molecule has 2 saturated carbocycles. The standard InChI is InChI=1S/C22H34F2/c1-4-5-6-7-17-9-11-18(12-10-17)19-14-21(23)20(22(24)15-19)13-8-16(2)3/h4-5,16-22H,6-7,9-12,14-15H2,1-3H3/b5-4+. The van der Waals surface area contributed by atoms with E-state index in [1.807, 2.05) is 13.8 Å². The van der Waals surface area contributed by atoms with E-state index in [1.54, 1.807) is 0 Å². The topological polar surface area (TPSA) is 0 Å². The molecule has 0 aromatic rings. The van der Waals surface area contributed by atoms with Crippen molar-refractivity contribution in [3.8, 4) is 11.8 Å². The molecule has 0 nitrogen and oxygen atoms in total. The Labute approximate surface area is 147 Å². The Balaban J connectivity index is 1.82. The monoisotopic (exact) mass is 336 g/mol. The molecule has 2 heteroatoms. The second kappa shape index (κ2) is 9.59. The molecule has 2 aliphatic carbocycles. The first-order chi connectivity index (χ1) is 11.5. The summed E-state index contributed by atoms with van der Waals surface area (Å²) in [7, 11) is 0. The second-order valence-corrected chi connectivity index (χ2v) is 8.16. The van der Waals surface area contributed by atoms with Crippen LogP contribution >= 0.6 is 0 Å². The average molecular weight is 337 g/mol. The van der Waals surface area contributed by atoms with Crippen molar-refractivity contribution >= 4 is 0 Å². The summed E-state index contributed by atoms with van der Waals surface area (Å²) in [5, 5.41) is 0. The number of rotatable bonds is 4. The lowest BCUT2D eigenvalue weighted by Gasteiger charge is -2.39. The van der Waals surface area contributed by atoms with E-state index in [2.05, 4.69) is 30.9 Å². The summed E-state index contributed by atoms with van der Waals surface area (Å²) in [6.07, 6.45) is 10.5. The van der Waals surface area contributed by atoms with Crippen LogP contribution in [-0.4, -0.2) is 12.3 Å². The molecule has 2 aliphatic rings. The zero-order valence-electron chi connectivity index (χ0n) is 15.6. The maximum absolute atomic E-state index is 14.5. The molecule has 0 N–H and O–H groups in total. The fourth-order valence-electron chi connectivity index (χ4n) is 4.47. The molecular formula is C22H34F2. The number of halogens is 2. The molecule has 136 valence electrons. The van der Waals surface area contributed by atoms with Crippen LogP contribution in [0.3, 0.4) is 0 Å². The molecule has 0 spiro atoms. The van der Waals surface area contributed by atoms with Crippen molar-refractivity contribution in [1.82, 2.24) is 0 Å². The highest BCUT2D eigenvalue weighted by Gasteiger charge is 2.41. The molecule has 0 aromatic carbocycles. The van der Waals surface area contributed by atoms with Gasteiger partial charge in [0.1, 0.15) is 12.3 Å². The Bertz CT molecular complexity index is 436. The minimum Gasteiger partial charge on any atom is -0.246 e. The maximum atomic E-state index is 14.5. The predicted octanol–water partition coefficient (Wildman–Crippen LogP) is 6.51. The van der Waals surface area contributed by atoms with Gasteiger partial charge in [-0.2, -0.15) is 0 Å². The maximum Gasteiger partial charge on any atom is 0.117 e. The van der Waals surface area contributed by atoms with Crippen LogP contribution in [0.25, 0.3) is 0 Å². The molecule has 0 aromatic heterocycles. The number of hydrogen-bond acceptors (Lipinski definition) is 0. The Morgan fingerprint density at radius 2 is 1.62 bits per heavy atom. The smallest absolute Gasteiger partial charge is 0.117 e. The minimum atomic E-state index is -1.09. The van der Waals surface area contributed by atoms with E-state index in [4.69, 9.17) is 0 Å². The van der Waals surface area contributed by atoms with Gasteiger partial charge in [0.25, 0.3) is 0 Å². The van der Waals surface area contributed by atoms with Crippen LogP contribution < -0.4 is 0 Å². The Kier molecular flexibility index (Phi) is 7.79. The Hall–Kier alpha value is -0.840. The lowest BCUT2D eigenvalue weighted by molar-refractivity contribution is 0.0383. The zero-order chi connectivity index (χ0) is 17.5. The van der Waals surface area contributed by atoms with Crippen LogP contribution in [-0.2, 0) is 0 Å². The largest absolute Gasteiger partial charge is 0.246 e. The van der Waals surface area contributed by atoms with Crippen LogP contribution in [0.1, 0.15) is 72.1 Å². The molecule has 0 heterocycles. The van der Waals surface area contributed by atoms with Crippen molar-refractivity contribution in [2.45, 2.75) is 84.5 Å². The van der Waals surface area contributed by atoms with Crippen LogP contribution in [0.4, 0.5) is 8.78 Å². The molecule has 0 radical (unpaired) electrons. The van der Waals surface area contributed by atoms with Gasteiger partial charge >= 0.3 is 0 Å². The summed E-state index contributed by atoms with van der Waals surface area (Å²) in [6, 6.07) is 0. The first kappa shape index (κ1) is 19.5. The van der Waals surface area contributed by atoms with Crippen molar-refractivity contribution in [2.24, 2.45) is 29.6 Å². The zero-order valence-corrected chi connectivity index (χ0v) is 15.6. The van der Waals surface area contributed by atoms with E-state index >= 15 is 0 Å². The van der Waals surface area contributed by atoms with Crippen LogP contribution in [0.5, 0.6) is 0 Å². The summed E-state index contributed by atoms with van der Waals surface area (Å²) in [5.74, 6) is 6.89. The Morgan fingerprint density at radius 3 is 2.17 bits per heavy atom. The summed E-state index contributed by atoms with van der Waals surface area (Å²) in [5.41, 5.74) is 0. The third kappa shape index (κ3) is 5.61. The quantitative estimate of drug-likeness (QED) is 0.405. The molecule has 0 amide bonds. The van der Waals surface area contributed by atoms with Crippen molar-refractivity contribution in [3.63, 3.8) is 0 Å². The summed E-state index contributed by atoms with van der Waals surface area (Å²) < 4.78 is 29.0. The van der Waals surface area contributed by atoms with Crippen LogP contribution in [0.2, 0.25) is 0 Å². The van der Waals surface area contributed by atoms with E-state index in [0.717, 1.165) is 18.8 Å². The molecule has 0 saturated heterocycles. The fraction of sp³-hybridized carbons (Fsp3) is 0.818.